The van der Waals surface area contributed by atoms with Gasteiger partial charge in [0.15, 0.2) is 5.96 Å². The molecule has 0 aliphatic carbocycles. The number of aromatic amines is 1. The monoisotopic (exact) mass is 316 g/mol. The van der Waals surface area contributed by atoms with Crippen molar-refractivity contribution in [3.63, 3.8) is 0 Å². The van der Waals surface area contributed by atoms with Crippen molar-refractivity contribution in [2.24, 2.45) is 4.99 Å². The van der Waals surface area contributed by atoms with Gasteiger partial charge in [-0.2, -0.15) is 0 Å². The zero-order valence-corrected chi connectivity index (χ0v) is 14.2. The molecule has 3 N–H and O–H groups in total. The molecule has 2 rings (SSSR count). The molecule has 1 aromatic carbocycles. The summed E-state index contributed by atoms with van der Waals surface area (Å²) in [6, 6.07) is 8.40. The van der Waals surface area contributed by atoms with E-state index in [1.165, 1.54) is 16.5 Å². The fraction of sp³-hybridized carbons (Fsp3) is 0.500. The van der Waals surface area contributed by atoms with Crippen LogP contribution < -0.4 is 10.6 Å². The van der Waals surface area contributed by atoms with Gasteiger partial charge in [-0.1, -0.05) is 18.2 Å². The number of H-pyrrole nitrogens is 1. The standard InChI is InChI=1S/C18H28N4O/c1-3-23-13-7-6-11-20-18(19-2)21-12-10-15-14-22-17-9-5-4-8-16(15)17/h4-5,8-9,14,22H,3,6-7,10-13H2,1-2H3,(H2,19,20,21). The van der Waals surface area contributed by atoms with Crippen LogP contribution in [0.2, 0.25) is 0 Å². The van der Waals surface area contributed by atoms with Gasteiger partial charge < -0.3 is 20.4 Å². The van der Waals surface area contributed by atoms with Crippen LogP contribution in [0.1, 0.15) is 25.3 Å². The third-order valence-corrected chi connectivity index (χ3v) is 3.80. The first-order chi connectivity index (χ1) is 11.3. The van der Waals surface area contributed by atoms with Gasteiger partial charge in [0.25, 0.3) is 0 Å². The lowest BCUT2D eigenvalue weighted by Gasteiger charge is -2.11. The van der Waals surface area contributed by atoms with E-state index in [1.54, 1.807) is 7.05 Å². The number of aliphatic imine (C=N–C) groups is 1. The minimum Gasteiger partial charge on any atom is -0.382 e. The van der Waals surface area contributed by atoms with Crippen molar-refractivity contribution in [1.82, 2.24) is 15.6 Å². The molecule has 0 aliphatic heterocycles. The molecule has 0 amide bonds. The third kappa shape index (κ3) is 5.60. The number of nitrogens with zero attached hydrogens (tertiary/aromatic N) is 1. The van der Waals surface area contributed by atoms with Crippen LogP contribution in [0.25, 0.3) is 10.9 Å². The van der Waals surface area contributed by atoms with Crippen molar-refractivity contribution in [2.75, 3.05) is 33.4 Å². The van der Waals surface area contributed by atoms with E-state index in [-0.39, 0.29) is 0 Å². The fourth-order valence-electron chi connectivity index (χ4n) is 2.55. The van der Waals surface area contributed by atoms with E-state index < -0.39 is 0 Å². The summed E-state index contributed by atoms with van der Waals surface area (Å²) in [4.78, 5) is 7.57. The zero-order chi connectivity index (χ0) is 16.3. The van der Waals surface area contributed by atoms with Crippen molar-refractivity contribution >= 4 is 16.9 Å². The summed E-state index contributed by atoms with van der Waals surface area (Å²) in [7, 11) is 1.81. The molecule has 0 saturated heterocycles. The average molecular weight is 316 g/mol. The Bertz CT molecular complexity index is 606. The van der Waals surface area contributed by atoms with Crippen molar-refractivity contribution in [2.45, 2.75) is 26.2 Å². The van der Waals surface area contributed by atoms with Gasteiger partial charge in [0, 0.05) is 50.5 Å². The molecular formula is C18H28N4O. The van der Waals surface area contributed by atoms with Crippen LogP contribution in [-0.2, 0) is 11.2 Å². The first-order valence-corrected chi connectivity index (χ1v) is 8.42. The first kappa shape index (κ1) is 17.3. The highest BCUT2D eigenvalue weighted by atomic mass is 16.5. The van der Waals surface area contributed by atoms with Gasteiger partial charge in [-0.15, -0.1) is 0 Å². The van der Waals surface area contributed by atoms with Crippen molar-refractivity contribution < 1.29 is 4.74 Å². The molecule has 0 fully saturated rings. The molecule has 0 bridgehead atoms. The van der Waals surface area contributed by atoms with Gasteiger partial charge in [0.05, 0.1) is 0 Å². The number of para-hydroxylation sites is 1. The summed E-state index contributed by atoms with van der Waals surface area (Å²) in [6.07, 6.45) is 5.22. The molecule has 1 aromatic heterocycles. The van der Waals surface area contributed by atoms with E-state index in [2.05, 4.69) is 51.1 Å². The lowest BCUT2D eigenvalue weighted by Crippen LogP contribution is -2.38. The molecule has 126 valence electrons. The second kappa shape index (κ2) is 9.90. The second-order valence-electron chi connectivity index (χ2n) is 5.44. The quantitative estimate of drug-likeness (QED) is 0.379. The molecule has 0 saturated carbocycles. The SMILES string of the molecule is CCOCCCCNC(=NC)NCCc1c[nH]c2ccccc12. The Morgan fingerprint density at radius 3 is 2.83 bits per heavy atom. The predicted molar refractivity (Wildman–Crippen MR) is 97.1 cm³/mol. The van der Waals surface area contributed by atoms with E-state index in [9.17, 15) is 0 Å². The summed E-state index contributed by atoms with van der Waals surface area (Å²) < 4.78 is 5.33. The van der Waals surface area contributed by atoms with Crippen LogP contribution in [0.15, 0.2) is 35.5 Å². The molecule has 0 unspecified atom stereocenters. The van der Waals surface area contributed by atoms with E-state index in [1.807, 2.05) is 6.92 Å². The van der Waals surface area contributed by atoms with Gasteiger partial charge in [-0.05, 0) is 37.8 Å². The predicted octanol–water partition coefficient (Wildman–Crippen LogP) is 2.69. The summed E-state index contributed by atoms with van der Waals surface area (Å²) in [5.41, 5.74) is 2.53. The maximum Gasteiger partial charge on any atom is 0.190 e. The Morgan fingerprint density at radius 1 is 1.17 bits per heavy atom. The van der Waals surface area contributed by atoms with Crippen molar-refractivity contribution in [3.05, 3.63) is 36.0 Å². The highest BCUT2D eigenvalue weighted by Gasteiger charge is 2.03. The molecule has 5 heteroatoms. The number of hydrogen-bond donors (Lipinski definition) is 3. The molecule has 1 heterocycles. The molecule has 0 aliphatic rings. The average Bonchev–Trinajstić information content (AvgIpc) is 2.99. The maximum atomic E-state index is 5.33. The maximum absolute atomic E-state index is 5.33. The smallest absolute Gasteiger partial charge is 0.190 e. The molecule has 5 nitrogen and oxygen atoms in total. The number of hydrogen-bond acceptors (Lipinski definition) is 2. The zero-order valence-electron chi connectivity index (χ0n) is 14.2. The Hall–Kier alpha value is -2.01. The van der Waals surface area contributed by atoms with E-state index >= 15 is 0 Å². The second-order valence-corrected chi connectivity index (χ2v) is 5.44. The van der Waals surface area contributed by atoms with Crippen LogP contribution in [0.3, 0.4) is 0 Å². The fourth-order valence-corrected chi connectivity index (χ4v) is 2.55. The van der Waals surface area contributed by atoms with Crippen molar-refractivity contribution in [1.29, 1.82) is 0 Å². The lowest BCUT2D eigenvalue weighted by atomic mass is 10.1. The number of nitrogens with one attached hydrogen (secondary N) is 3. The number of unbranched alkanes of at least 4 members (excludes halogenated alkanes) is 1. The van der Waals surface area contributed by atoms with Gasteiger partial charge in [-0.25, -0.2) is 0 Å². The van der Waals surface area contributed by atoms with Crippen LogP contribution >= 0.6 is 0 Å². The Balaban J connectivity index is 1.67. The molecule has 0 radical (unpaired) electrons. The highest BCUT2D eigenvalue weighted by Crippen LogP contribution is 2.17. The third-order valence-electron chi connectivity index (χ3n) is 3.80. The van der Waals surface area contributed by atoms with E-state index in [0.29, 0.717) is 0 Å². The van der Waals surface area contributed by atoms with Gasteiger partial charge in [0.2, 0.25) is 0 Å². The van der Waals surface area contributed by atoms with E-state index in [4.69, 9.17) is 4.74 Å². The minimum atomic E-state index is 0.796. The summed E-state index contributed by atoms with van der Waals surface area (Å²) >= 11 is 0. The first-order valence-electron chi connectivity index (χ1n) is 8.42. The molecule has 2 aromatic rings. The van der Waals surface area contributed by atoms with Crippen molar-refractivity contribution in [3.8, 4) is 0 Å². The summed E-state index contributed by atoms with van der Waals surface area (Å²) in [5, 5.41) is 8.01. The van der Waals surface area contributed by atoms with Crippen LogP contribution in [-0.4, -0.2) is 44.3 Å². The Morgan fingerprint density at radius 2 is 2.00 bits per heavy atom. The highest BCUT2D eigenvalue weighted by molar-refractivity contribution is 5.83. The largest absolute Gasteiger partial charge is 0.382 e. The van der Waals surface area contributed by atoms with Gasteiger partial charge >= 0.3 is 0 Å². The Labute approximate surface area is 138 Å². The number of fused-ring (bicyclic) bond motifs is 1. The number of ether oxygens (including phenoxy) is 1. The lowest BCUT2D eigenvalue weighted by molar-refractivity contribution is 0.143. The molecule has 23 heavy (non-hydrogen) atoms. The van der Waals surface area contributed by atoms with Crippen LogP contribution in [0.5, 0.6) is 0 Å². The summed E-state index contributed by atoms with van der Waals surface area (Å²) in [5.74, 6) is 0.862. The number of aromatic nitrogens is 1. The topological polar surface area (TPSA) is 61.4 Å². The van der Waals surface area contributed by atoms with Gasteiger partial charge in [-0.3, -0.25) is 4.99 Å². The van der Waals surface area contributed by atoms with Crippen LogP contribution in [0, 0.1) is 0 Å². The van der Waals surface area contributed by atoms with Crippen LogP contribution in [0.4, 0.5) is 0 Å². The summed E-state index contributed by atoms with van der Waals surface area (Å²) in [6.45, 7) is 5.44. The molecule has 0 spiro atoms. The normalized spacial score (nSPS) is 11.8. The van der Waals surface area contributed by atoms with Gasteiger partial charge in [0.1, 0.15) is 0 Å². The Kier molecular flexibility index (Phi) is 7.46. The molecule has 0 atom stereocenters. The number of guanidine groups is 1. The minimum absolute atomic E-state index is 0.796. The number of benzene rings is 1. The number of rotatable bonds is 9. The molecular weight excluding hydrogens is 288 g/mol. The van der Waals surface area contributed by atoms with E-state index in [0.717, 1.165) is 51.5 Å².